The SMILES string of the molecule is NCc1cc(S(=O)(=O)N2CCC3(CCCC3)CC2)c(Br)o1. The van der Waals surface area contributed by atoms with Gasteiger partial charge in [-0.25, -0.2) is 8.42 Å². The summed E-state index contributed by atoms with van der Waals surface area (Å²) < 4.78 is 32.6. The first-order chi connectivity index (χ1) is 9.97. The highest BCUT2D eigenvalue weighted by atomic mass is 79.9. The van der Waals surface area contributed by atoms with Gasteiger partial charge in [0.1, 0.15) is 10.7 Å². The molecule has 0 amide bonds. The molecule has 2 aliphatic rings. The van der Waals surface area contributed by atoms with Gasteiger partial charge in [0.05, 0.1) is 6.54 Å². The lowest BCUT2D eigenvalue weighted by atomic mass is 9.78. The number of nitrogens with zero attached hydrogens (tertiary/aromatic N) is 1. The predicted octanol–water partition coefficient (Wildman–Crippen LogP) is 2.85. The maximum absolute atomic E-state index is 12.7. The minimum Gasteiger partial charge on any atom is -0.452 e. The molecule has 2 fully saturated rings. The lowest BCUT2D eigenvalue weighted by Gasteiger charge is -2.38. The maximum Gasteiger partial charge on any atom is 0.247 e. The molecule has 7 heteroatoms. The summed E-state index contributed by atoms with van der Waals surface area (Å²) in [5, 5.41) is 0. The second kappa shape index (κ2) is 5.68. The zero-order chi connectivity index (χ0) is 15.1. The maximum atomic E-state index is 12.7. The largest absolute Gasteiger partial charge is 0.452 e. The van der Waals surface area contributed by atoms with Crippen LogP contribution in [0.25, 0.3) is 0 Å². The van der Waals surface area contributed by atoms with Crippen molar-refractivity contribution in [3.8, 4) is 0 Å². The summed E-state index contributed by atoms with van der Waals surface area (Å²) in [6.45, 7) is 1.41. The van der Waals surface area contributed by atoms with Gasteiger partial charge < -0.3 is 10.2 Å². The summed E-state index contributed by atoms with van der Waals surface area (Å²) in [7, 11) is -3.49. The summed E-state index contributed by atoms with van der Waals surface area (Å²) in [4.78, 5) is 0.199. The van der Waals surface area contributed by atoms with Crippen LogP contribution < -0.4 is 5.73 Å². The molecule has 1 aliphatic carbocycles. The number of halogens is 1. The lowest BCUT2D eigenvalue weighted by molar-refractivity contribution is 0.160. The second-order valence-corrected chi connectivity index (χ2v) is 8.79. The van der Waals surface area contributed by atoms with Crippen molar-refractivity contribution in [3.05, 3.63) is 16.5 Å². The molecule has 1 saturated heterocycles. The van der Waals surface area contributed by atoms with Gasteiger partial charge in [0.25, 0.3) is 0 Å². The molecular formula is C14H21BrN2O3S. The summed E-state index contributed by atoms with van der Waals surface area (Å²) >= 11 is 3.19. The van der Waals surface area contributed by atoms with Gasteiger partial charge in [0, 0.05) is 19.2 Å². The van der Waals surface area contributed by atoms with E-state index in [1.165, 1.54) is 31.7 Å². The smallest absolute Gasteiger partial charge is 0.247 e. The normalized spacial score (nSPS) is 23.0. The van der Waals surface area contributed by atoms with Crippen molar-refractivity contribution >= 4 is 26.0 Å². The van der Waals surface area contributed by atoms with E-state index in [1.54, 1.807) is 4.31 Å². The van der Waals surface area contributed by atoms with E-state index >= 15 is 0 Å². The molecule has 2 heterocycles. The molecule has 5 nitrogen and oxygen atoms in total. The van der Waals surface area contributed by atoms with Crippen LogP contribution in [0.5, 0.6) is 0 Å². The van der Waals surface area contributed by atoms with Gasteiger partial charge in [-0.15, -0.1) is 0 Å². The van der Waals surface area contributed by atoms with Crippen molar-refractivity contribution in [2.75, 3.05) is 13.1 Å². The summed E-state index contributed by atoms with van der Waals surface area (Å²) in [5.74, 6) is 0.477. The van der Waals surface area contributed by atoms with Crippen LogP contribution in [0.3, 0.4) is 0 Å². The van der Waals surface area contributed by atoms with Crippen LogP contribution in [0.4, 0.5) is 0 Å². The molecule has 0 atom stereocenters. The van der Waals surface area contributed by atoms with Crippen molar-refractivity contribution < 1.29 is 12.8 Å². The molecule has 1 saturated carbocycles. The van der Waals surface area contributed by atoms with Gasteiger partial charge in [-0.05, 0) is 47.0 Å². The van der Waals surface area contributed by atoms with Crippen LogP contribution >= 0.6 is 15.9 Å². The third-order valence-corrected chi connectivity index (χ3v) is 7.73. The minimum absolute atomic E-state index is 0.192. The lowest BCUT2D eigenvalue weighted by Crippen LogP contribution is -2.42. The molecule has 0 radical (unpaired) electrons. The fourth-order valence-electron chi connectivity index (χ4n) is 3.64. The molecule has 1 aliphatic heterocycles. The van der Waals surface area contributed by atoms with Crippen molar-refractivity contribution in [1.82, 2.24) is 4.31 Å². The van der Waals surface area contributed by atoms with E-state index in [0.717, 1.165) is 12.8 Å². The highest BCUT2D eigenvalue weighted by Gasteiger charge is 2.40. The van der Waals surface area contributed by atoms with E-state index in [0.29, 0.717) is 24.3 Å². The van der Waals surface area contributed by atoms with Crippen LogP contribution in [-0.4, -0.2) is 25.8 Å². The molecule has 0 aromatic carbocycles. The van der Waals surface area contributed by atoms with Crippen LogP contribution in [0.15, 0.2) is 20.0 Å². The van der Waals surface area contributed by atoms with E-state index in [2.05, 4.69) is 15.9 Å². The zero-order valence-corrected chi connectivity index (χ0v) is 14.4. The van der Waals surface area contributed by atoms with Gasteiger partial charge in [-0.1, -0.05) is 12.8 Å². The molecule has 0 bridgehead atoms. The second-order valence-electron chi connectivity index (χ2n) is 6.17. The quantitative estimate of drug-likeness (QED) is 0.879. The molecule has 3 rings (SSSR count). The molecule has 1 aromatic heterocycles. The Morgan fingerprint density at radius 3 is 2.38 bits per heavy atom. The molecule has 2 N–H and O–H groups in total. The van der Waals surface area contributed by atoms with Crippen LogP contribution in [-0.2, 0) is 16.6 Å². The Morgan fingerprint density at radius 2 is 1.86 bits per heavy atom. The highest BCUT2D eigenvalue weighted by molar-refractivity contribution is 9.10. The average Bonchev–Trinajstić information content (AvgIpc) is 3.07. The fourth-order valence-corrected chi connectivity index (χ4v) is 6.04. The summed E-state index contributed by atoms with van der Waals surface area (Å²) in [5.41, 5.74) is 5.91. The van der Waals surface area contributed by atoms with Crippen LogP contribution in [0.2, 0.25) is 0 Å². The summed E-state index contributed by atoms with van der Waals surface area (Å²) in [6.07, 6.45) is 7.05. The van der Waals surface area contributed by atoms with Gasteiger partial charge in [0.2, 0.25) is 10.0 Å². The first-order valence-electron chi connectivity index (χ1n) is 7.45. The van der Waals surface area contributed by atoms with Gasteiger partial charge in [-0.2, -0.15) is 4.31 Å². The van der Waals surface area contributed by atoms with E-state index in [-0.39, 0.29) is 16.1 Å². The van der Waals surface area contributed by atoms with Crippen molar-refractivity contribution in [3.63, 3.8) is 0 Å². The topological polar surface area (TPSA) is 76.5 Å². The molecule has 1 spiro atoms. The van der Waals surface area contributed by atoms with E-state index in [1.807, 2.05) is 0 Å². The predicted molar refractivity (Wildman–Crippen MR) is 83.2 cm³/mol. The number of nitrogens with two attached hydrogens (primary N) is 1. The van der Waals surface area contributed by atoms with Crippen LogP contribution in [0, 0.1) is 5.41 Å². The van der Waals surface area contributed by atoms with E-state index in [4.69, 9.17) is 10.2 Å². The Hall–Kier alpha value is -0.370. The molecule has 0 unspecified atom stereocenters. The Balaban J connectivity index is 1.78. The monoisotopic (exact) mass is 376 g/mol. The first kappa shape index (κ1) is 15.5. The zero-order valence-electron chi connectivity index (χ0n) is 12.0. The number of piperidine rings is 1. The Kier molecular flexibility index (Phi) is 4.20. The Labute approximate surface area is 134 Å². The first-order valence-corrected chi connectivity index (χ1v) is 9.69. The minimum atomic E-state index is -3.49. The molecule has 21 heavy (non-hydrogen) atoms. The van der Waals surface area contributed by atoms with E-state index < -0.39 is 10.0 Å². The number of furan rings is 1. The average molecular weight is 377 g/mol. The standard InChI is InChI=1S/C14H21BrN2O3S/c15-13-12(9-11(10-16)20-13)21(18,19)17-7-5-14(6-8-17)3-1-2-4-14/h9H,1-8,10,16H2. The highest BCUT2D eigenvalue weighted by Crippen LogP contribution is 2.47. The van der Waals surface area contributed by atoms with Gasteiger partial charge in [0.15, 0.2) is 4.67 Å². The number of hydrogen-bond donors (Lipinski definition) is 1. The molecule has 118 valence electrons. The van der Waals surface area contributed by atoms with Gasteiger partial charge in [-0.3, -0.25) is 0 Å². The Morgan fingerprint density at radius 1 is 1.24 bits per heavy atom. The van der Waals surface area contributed by atoms with Crippen LogP contribution in [0.1, 0.15) is 44.3 Å². The van der Waals surface area contributed by atoms with Gasteiger partial charge >= 0.3 is 0 Å². The van der Waals surface area contributed by atoms with Crippen molar-refractivity contribution in [2.45, 2.75) is 50.0 Å². The Bertz CT molecular complexity index is 610. The third-order valence-electron chi connectivity index (χ3n) is 4.97. The third kappa shape index (κ3) is 2.81. The van der Waals surface area contributed by atoms with E-state index in [9.17, 15) is 8.42 Å². The number of hydrogen-bond acceptors (Lipinski definition) is 4. The van der Waals surface area contributed by atoms with Crippen molar-refractivity contribution in [2.24, 2.45) is 11.1 Å². The van der Waals surface area contributed by atoms with Crippen molar-refractivity contribution in [1.29, 1.82) is 0 Å². The number of sulfonamides is 1. The fraction of sp³-hybridized carbons (Fsp3) is 0.714. The molecular weight excluding hydrogens is 356 g/mol. The molecule has 1 aromatic rings. The summed E-state index contributed by atoms with van der Waals surface area (Å²) in [6, 6.07) is 1.53. The number of rotatable bonds is 3.